The molecule has 2 aromatic rings. The second-order valence-electron chi connectivity index (χ2n) is 3.18. The molecule has 0 fully saturated rings. The number of fused-ring (bicyclic) bond motifs is 1. The second kappa shape index (κ2) is 3.28. The van der Waals surface area contributed by atoms with Crippen molar-refractivity contribution in [2.75, 3.05) is 14.1 Å². The highest BCUT2D eigenvalue weighted by molar-refractivity contribution is 7.87. The Balaban J connectivity index is 2.74. The van der Waals surface area contributed by atoms with Crippen LogP contribution in [0.1, 0.15) is 0 Å². The highest BCUT2D eigenvalue weighted by atomic mass is 32.2. The van der Waals surface area contributed by atoms with Gasteiger partial charge in [-0.2, -0.15) is 12.7 Å². The topological polar surface area (TPSA) is 68.1 Å². The molecule has 7 heteroatoms. The molecule has 0 N–H and O–H groups in total. The van der Waals surface area contributed by atoms with Crippen molar-refractivity contribution in [3.63, 3.8) is 0 Å². The minimum absolute atomic E-state index is 0.419. The number of hydrogen-bond donors (Lipinski definition) is 0. The molecule has 0 saturated carbocycles. The van der Waals surface area contributed by atoms with E-state index >= 15 is 0 Å². The van der Waals surface area contributed by atoms with Crippen molar-refractivity contribution in [3.8, 4) is 0 Å². The summed E-state index contributed by atoms with van der Waals surface area (Å²) in [6, 6.07) is 3.34. The average molecular weight is 226 g/mol. The number of aromatic nitrogens is 3. The zero-order chi connectivity index (χ0) is 11.1. The van der Waals surface area contributed by atoms with Gasteiger partial charge >= 0.3 is 10.2 Å². The normalized spacial score (nSPS) is 12.5. The maximum Gasteiger partial charge on any atom is 0.308 e. The molecule has 2 aromatic heterocycles. The van der Waals surface area contributed by atoms with Crippen molar-refractivity contribution in [1.82, 2.24) is 18.2 Å². The number of rotatable bonds is 2. The largest absolute Gasteiger partial charge is 0.308 e. The molecule has 0 saturated heterocycles. The molecule has 0 aliphatic heterocycles. The molecule has 6 nitrogen and oxygen atoms in total. The summed E-state index contributed by atoms with van der Waals surface area (Å²) in [5, 5.41) is 0. The molecule has 0 atom stereocenters. The molecule has 0 radical (unpaired) electrons. The Bertz CT molecular complexity index is 587. The van der Waals surface area contributed by atoms with E-state index in [9.17, 15) is 8.42 Å². The Labute approximate surface area is 87.4 Å². The fraction of sp³-hybridized carbons (Fsp3) is 0.250. The zero-order valence-electron chi connectivity index (χ0n) is 8.32. The molecule has 15 heavy (non-hydrogen) atoms. The fourth-order valence-electron chi connectivity index (χ4n) is 1.19. The predicted molar refractivity (Wildman–Crippen MR) is 55.5 cm³/mol. The SMILES string of the molecule is CN(C)S(=O)(=O)n1cnc2ncccc21. The van der Waals surface area contributed by atoms with Crippen LogP contribution in [0.5, 0.6) is 0 Å². The lowest BCUT2D eigenvalue weighted by Crippen LogP contribution is -2.28. The van der Waals surface area contributed by atoms with Crippen LogP contribution in [0, 0.1) is 0 Å². The maximum absolute atomic E-state index is 11.8. The number of imidazole rings is 1. The molecule has 2 heterocycles. The van der Waals surface area contributed by atoms with Crippen LogP contribution in [0.25, 0.3) is 11.2 Å². The number of hydrogen-bond acceptors (Lipinski definition) is 4. The molecule has 80 valence electrons. The van der Waals surface area contributed by atoms with Crippen LogP contribution in [0.2, 0.25) is 0 Å². The Morgan fingerprint density at radius 2 is 2.07 bits per heavy atom. The van der Waals surface area contributed by atoms with Gasteiger partial charge in [-0.1, -0.05) is 0 Å². The van der Waals surface area contributed by atoms with Gasteiger partial charge in [-0.25, -0.2) is 13.9 Å². The summed E-state index contributed by atoms with van der Waals surface area (Å²) < 4.78 is 25.9. The minimum Gasteiger partial charge on any atom is -0.235 e. The van der Waals surface area contributed by atoms with E-state index in [0.717, 1.165) is 8.28 Å². The van der Waals surface area contributed by atoms with Crippen molar-refractivity contribution in [1.29, 1.82) is 0 Å². The van der Waals surface area contributed by atoms with Gasteiger partial charge < -0.3 is 0 Å². The van der Waals surface area contributed by atoms with E-state index < -0.39 is 10.2 Å². The molecule has 2 rings (SSSR count). The summed E-state index contributed by atoms with van der Waals surface area (Å²) in [7, 11) is -0.573. The molecule has 0 aliphatic rings. The van der Waals surface area contributed by atoms with Gasteiger partial charge in [0.25, 0.3) is 0 Å². The van der Waals surface area contributed by atoms with Crippen molar-refractivity contribution >= 4 is 21.4 Å². The third-order valence-corrected chi connectivity index (χ3v) is 3.71. The molecule has 0 aliphatic carbocycles. The van der Waals surface area contributed by atoms with E-state index in [1.807, 2.05) is 0 Å². The van der Waals surface area contributed by atoms with Crippen molar-refractivity contribution < 1.29 is 8.42 Å². The summed E-state index contributed by atoms with van der Waals surface area (Å²) in [6.07, 6.45) is 2.83. The average Bonchev–Trinajstić information content (AvgIpc) is 2.61. The zero-order valence-corrected chi connectivity index (χ0v) is 9.14. The Kier molecular flexibility index (Phi) is 2.20. The minimum atomic E-state index is -3.51. The lowest BCUT2D eigenvalue weighted by molar-refractivity contribution is 0.512. The van der Waals surface area contributed by atoms with Gasteiger partial charge in [-0.3, -0.25) is 0 Å². The lowest BCUT2D eigenvalue weighted by atomic mass is 10.4. The number of nitrogens with zero attached hydrogens (tertiary/aromatic N) is 4. The van der Waals surface area contributed by atoms with Crippen LogP contribution in [0.4, 0.5) is 0 Å². The summed E-state index contributed by atoms with van der Waals surface area (Å²) in [5.41, 5.74) is 0.897. The van der Waals surface area contributed by atoms with Crippen LogP contribution in [-0.2, 0) is 10.2 Å². The van der Waals surface area contributed by atoms with E-state index in [-0.39, 0.29) is 0 Å². The van der Waals surface area contributed by atoms with E-state index in [1.165, 1.54) is 20.4 Å². The Hall–Kier alpha value is -1.47. The molecule has 0 spiro atoms. The van der Waals surface area contributed by atoms with Crippen LogP contribution < -0.4 is 0 Å². The van der Waals surface area contributed by atoms with Gasteiger partial charge in [0.15, 0.2) is 5.65 Å². The quantitative estimate of drug-likeness (QED) is 0.727. The first kappa shape index (κ1) is 10.1. The third kappa shape index (κ3) is 1.49. The maximum atomic E-state index is 11.8. The summed E-state index contributed by atoms with van der Waals surface area (Å²) in [4.78, 5) is 7.87. The second-order valence-corrected chi connectivity index (χ2v) is 5.20. The first-order valence-corrected chi connectivity index (χ1v) is 5.64. The predicted octanol–water partition coefficient (Wildman–Crippen LogP) is 0.0858. The van der Waals surface area contributed by atoms with Gasteiger partial charge in [0.05, 0.1) is 0 Å². The monoisotopic (exact) mass is 226 g/mol. The molecule has 0 bridgehead atoms. The highest BCUT2D eigenvalue weighted by Gasteiger charge is 2.18. The van der Waals surface area contributed by atoms with Crippen LogP contribution >= 0.6 is 0 Å². The summed E-state index contributed by atoms with van der Waals surface area (Å²) in [5.74, 6) is 0. The molecule has 0 aromatic carbocycles. The molecular formula is C8H10N4O2S. The Morgan fingerprint density at radius 3 is 2.73 bits per heavy atom. The van der Waals surface area contributed by atoms with Crippen LogP contribution in [0.15, 0.2) is 24.7 Å². The number of pyridine rings is 1. The molecular weight excluding hydrogens is 216 g/mol. The fourth-order valence-corrected chi connectivity index (χ4v) is 2.10. The highest BCUT2D eigenvalue weighted by Crippen LogP contribution is 2.12. The van der Waals surface area contributed by atoms with E-state index in [2.05, 4.69) is 9.97 Å². The van der Waals surface area contributed by atoms with Gasteiger partial charge in [0.1, 0.15) is 11.8 Å². The van der Waals surface area contributed by atoms with Crippen LogP contribution in [-0.4, -0.2) is 40.8 Å². The summed E-state index contributed by atoms with van der Waals surface area (Å²) >= 11 is 0. The van der Waals surface area contributed by atoms with Gasteiger partial charge in [-0.15, -0.1) is 0 Å². The van der Waals surface area contributed by atoms with E-state index in [1.54, 1.807) is 18.3 Å². The Morgan fingerprint density at radius 1 is 1.33 bits per heavy atom. The van der Waals surface area contributed by atoms with Crippen molar-refractivity contribution in [3.05, 3.63) is 24.7 Å². The third-order valence-electron chi connectivity index (χ3n) is 2.00. The smallest absolute Gasteiger partial charge is 0.235 e. The van der Waals surface area contributed by atoms with Crippen molar-refractivity contribution in [2.45, 2.75) is 0 Å². The van der Waals surface area contributed by atoms with E-state index in [0.29, 0.717) is 11.2 Å². The summed E-state index contributed by atoms with van der Waals surface area (Å²) in [6.45, 7) is 0. The van der Waals surface area contributed by atoms with Gasteiger partial charge in [0, 0.05) is 20.3 Å². The van der Waals surface area contributed by atoms with E-state index in [4.69, 9.17) is 0 Å². The van der Waals surface area contributed by atoms with Crippen LogP contribution in [0.3, 0.4) is 0 Å². The molecule has 0 amide bonds. The first-order chi connectivity index (χ1) is 7.03. The first-order valence-electron chi connectivity index (χ1n) is 4.24. The lowest BCUT2D eigenvalue weighted by Gasteiger charge is -2.11. The van der Waals surface area contributed by atoms with Gasteiger partial charge in [0.2, 0.25) is 0 Å². The van der Waals surface area contributed by atoms with Crippen molar-refractivity contribution in [2.24, 2.45) is 0 Å². The molecule has 0 unspecified atom stereocenters. The standard InChI is InChI=1S/C8H10N4O2S/c1-11(2)15(13,14)12-6-10-8-7(12)4-3-5-9-8/h3-6H,1-2H3. The van der Waals surface area contributed by atoms with Gasteiger partial charge in [-0.05, 0) is 12.1 Å².